The van der Waals surface area contributed by atoms with Crippen LogP contribution in [0.25, 0.3) is 0 Å². The quantitative estimate of drug-likeness (QED) is 0.328. The van der Waals surface area contributed by atoms with Crippen LogP contribution in [0.1, 0.15) is 25.8 Å². The minimum atomic E-state index is -0.0752. The molecule has 0 aliphatic rings. The number of hydrogen-bond acceptors (Lipinski definition) is 4. The highest BCUT2D eigenvalue weighted by molar-refractivity contribution is 14.0. The SMILES string of the molecule is CN=C(NCCC(=O)Nc1ccc(C)cn1)NCC(C)(C)SC.I. The van der Waals surface area contributed by atoms with Crippen LogP contribution in [0.5, 0.6) is 0 Å². The van der Waals surface area contributed by atoms with Gasteiger partial charge in [0.15, 0.2) is 5.96 Å². The Labute approximate surface area is 166 Å². The van der Waals surface area contributed by atoms with Gasteiger partial charge in [-0.15, -0.1) is 24.0 Å². The molecule has 1 amide bonds. The lowest BCUT2D eigenvalue weighted by atomic mass is 10.2. The van der Waals surface area contributed by atoms with Crippen LogP contribution in [-0.4, -0.2) is 48.0 Å². The number of aliphatic imine (C=N–C) groups is 1. The third-order valence-electron chi connectivity index (χ3n) is 3.28. The molecule has 0 radical (unpaired) electrons. The summed E-state index contributed by atoms with van der Waals surface area (Å²) in [5, 5.41) is 9.18. The molecular formula is C16H28IN5OS. The van der Waals surface area contributed by atoms with Crippen molar-refractivity contribution < 1.29 is 4.79 Å². The number of aromatic nitrogens is 1. The average Bonchev–Trinajstić information content (AvgIpc) is 2.53. The molecule has 0 bridgehead atoms. The summed E-state index contributed by atoms with van der Waals surface area (Å²) in [5.41, 5.74) is 1.06. The second kappa shape index (κ2) is 11.5. The molecule has 6 nitrogen and oxygen atoms in total. The van der Waals surface area contributed by atoms with Crippen LogP contribution in [0, 0.1) is 6.92 Å². The second-order valence-corrected chi connectivity index (χ2v) is 7.35. The van der Waals surface area contributed by atoms with Crippen molar-refractivity contribution in [3.8, 4) is 0 Å². The molecule has 0 aliphatic carbocycles. The molecule has 0 saturated carbocycles. The number of carbonyl (C=O) groups is 1. The number of thioether (sulfide) groups is 1. The van der Waals surface area contributed by atoms with Crippen molar-refractivity contribution in [2.45, 2.75) is 31.9 Å². The second-order valence-electron chi connectivity index (χ2n) is 5.84. The number of aryl methyl sites for hydroxylation is 1. The summed E-state index contributed by atoms with van der Waals surface area (Å²) < 4.78 is 0.131. The highest BCUT2D eigenvalue weighted by Crippen LogP contribution is 2.19. The number of rotatable bonds is 7. The van der Waals surface area contributed by atoms with Gasteiger partial charge >= 0.3 is 0 Å². The van der Waals surface area contributed by atoms with E-state index in [1.54, 1.807) is 31.1 Å². The fraction of sp³-hybridized carbons (Fsp3) is 0.562. The molecule has 1 heterocycles. The van der Waals surface area contributed by atoms with Gasteiger partial charge in [0.25, 0.3) is 0 Å². The number of halogens is 1. The Morgan fingerprint density at radius 2 is 2.04 bits per heavy atom. The predicted octanol–water partition coefficient (Wildman–Crippen LogP) is 2.64. The lowest BCUT2D eigenvalue weighted by Crippen LogP contribution is -2.44. The molecule has 0 spiro atoms. The van der Waals surface area contributed by atoms with Crippen LogP contribution in [0.15, 0.2) is 23.3 Å². The first kappa shape index (κ1) is 23.0. The Morgan fingerprint density at radius 1 is 1.33 bits per heavy atom. The minimum absolute atomic E-state index is 0. The third kappa shape index (κ3) is 9.31. The van der Waals surface area contributed by atoms with Gasteiger partial charge in [0.05, 0.1) is 0 Å². The van der Waals surface area contributed by atoms with Crippen molar-refractivity contribution in [2.24, 2.45) is 4.99 Å². The maximum atomic E-state index is 11.9. The molecule has 3 N–H and O–H groups in total. The van der Waals surface area contributed by atoms with Gasteiger partial charge in [0, 0.05) is 37.5 Å². The van der Waals surface area contributed by atoms with E-state index < -0.39 is 0 Å². The first-order chi connectivity index (χ1) is 10.9. The van der Waals surface area contributed by atoms with E-state index in [-0.39, 0.29) is 34.6 Å². The molecule has 0 saturated heterocycles. The topological polar surface area (TPSA) is 78.4 Å². The molecule has 136 valence electrons. The summed E-state index contributed by atoms with van der Waals surface area (Å²) in [6.07, 6.45) is 4.16. The zero-order chi connectivity index (χ0) is 17.3. The lowest BCUT2D eigenvalue weighted by Gasteiger charge is -2.23. The lowest BCUT2D eigenvalue weighted by molar-refractivity contribution is -0.116. The molecule has 0 aliphatic heterocycles. The van der Waals surface area contributed by atoms with Crippen molar-refractivity contribution in [1.29, 1.82) is 0 Å². The van der Waals surface area contributed by atoms with E-state index in [2.05, 4.69) is 46.0 Å². The summed E-state index contributed by atoms with van der Waals surface area (Å²) in [7, 11) is 1.72. The van der Waals surface area contributed by atoms with E-state index >= 15 is 0 Å². The highest BCUT2D eigenvalue weighted by Gasteiger charge is 2.16. The minimum Gasteiger partial charge on any atom is -0.356 e. The number of hydrogen-bond donors (Lipinski definition) is 3. The van der Waals surface area contributed by atoms with Crippen LogP contribution in [0.2, 0.25) is 0 Å². The highest BCUT2D eigenvalue weighted by atomic mass is 127. The standard InChI is InChI=1S/C16H27N5OS.HI/c1-12-6-7-13(19-10-12)21-14(22)8-9-18-15(17-4)20-11-16(2,3)23-5;/h6-7,10H,8-9,11H2,1-5H3,(H2,17,18,20)(H,19,21,22);1H. The van der Waals surface area contributed by atoms with E-state index in [1.807, 2.05) is 13.0 Å². The van der Waals surface area contributed by atoms with Gasteiger partial charge in [0.1, 0.15) is 5.82 Å². The molecule has 8 heteroatoms. The molecule has 0 unspecified atom stereocenters. The maximum absolute atomic E-state index is 11.9. The van der Waals surface area contributed by atoms with Crippen molar-refractivity contribution >= 4 is 53.4 Å². The number of amides is 1. The van der Waals surface area contributed by atoms with Gasteiger partial charge in [-0.2, -0.15) is 11.8 Å². The zero-order valence-electron chi connectivity index (χ0n) is 15.0. The molecule has 0 atom stereocenters. The number of anilines is 1. The monoisotopic (exact) mass is 465 g/mol. The molecule has 0 aromatic carbocycles. The Bertz CT molecular complexity index is 534. The van der Waals surface area contributed by atoms with Gasteiger partial charge in [0.2, 0.25) is 5.91 Å². The van der Waals surface area contributed by atoms with Gasteiger partial charge < -0.3 is 16.0 Å². The van der Waals surface area contributed by atoms with E-state index in [0.717, 1.165) is 12.1 Å². The van der Waals surface area contributed by atoms with Gasteiger partial charge in [-0.25, -0.2) is 4.98 Å². The summed E-state index contributed by atoms with van der Waals surface area (Å²) in [5.74, 6) is 1.20. The maximum Gasteiger partial charge on any atom is 0.227 e. The normalized spacial score (nSPS) is 11.5. The van der Waals surface area contributed by atoms with E-state index in [1.165, 1.54) is 0 Å². The van der Waals surface area contributed by atoms with Crippen LogP contribution in [0.3, 0.4) is 0 Å². The number of carbonyl (C=O) groups excluding carboxylic acids is 1. The number of guanidine groups is 1. The summed E-state index contributed by atoms with van der Waals surface area (Å²) in [6, 6.07) is 3.71. The molecule has 1 aromatic heterocycles. The number of pyridine rings is 1. The number of nitrogens with zero attached hydrogens (tertiary/aromatic N) is 2. The van der Waals surface area contributed by atoms with E-state index in [0.29, 0.717) is 24.7 Å². The molecule has 1 rings (SSSR count). The molecule has 1 aromatic rings. The van der Waals surface area contributed by atoms with Crippen LogP contribution in [-0.2, 0) is 4.79 Å². The summed E-state index contributed by atoms with van der Waals surface area (Å²) >= 11 is 1.79. The van der Waals surface area contributed by atoms with Crippen molar-refractivity contribution in [1.82, 2.24) is 15.6 Å². The summed E-state index contributed by atoms with van der Waals surface area (Å²) in [6.45, 7) is 7.60. The van der Waals surface area contributed by atoms with Crippen molar-refractivity contribution in [3.05, 3.63) is 23.9 Å². The first-order valence-electron chi connectivity index (χ1n) is 7.58. The summed E-state index contributed by atoms with van der Waals surface area (Å²) in [4.78, 5) is 20.2. The third-order valence-corrected chi connectivity index (χ3v) is 4.53. The van der Waals surface area contributed by atoms with E-state index in [4.69, 9.17) is 0 Å². The molecule has 0 fully saturated rings. The van der Waals surface area contributed by atoms with Gasteiger partial charge in [-0.1, -0.05) is 6.07 Å². The number of nitrogens with one attached hydrogen (secondary N) is 3. The van der Waals surface area contributed by atoms with Crippen LogP contribution in [0.4, 0.5) is 5.82 Å². The van der Waals surface area contributed by atoms with E-state index in [9.17, 15) is 4.79 Å². The smallest absolute Gasteiger partial charge is 0.227 e. The van der Waals surface area contributed by atoms with Crippen molar-refractivity contribution in [3.63, 3.8) is 0 Å². The zero-order valence-corrected chi connectivity index (χ0v) is 18.1. The fourth-order valence-electron chi connectivity index (χ4n) is 1.63. The molecular weight excluding hydrogens is 437 g/mol. The Kier molecular flexibility index (Phi) is 11.0. The Morgan fingerprint density at radius 3 is 2.58 bits per heavy atom. The van der Waals surface area contributed by atoms with Crippen LogP contribution >= 0.6 is 35.7 Å². The van der Waals surface area contributed by atoms with Gasteiger partial charge in [-0.3, -0.25) is 9.79 Å². The Balaban J connectivity index is 0.00000529. The largest absolute Gasteiger partial charge is 0.356 e. The van der Waals surface area contributed by atoms with Crippen LogP contribution < -0.4 is 16.0 Å². The van der Waals surface area contributed by atoms with Gasteiger partial charge in [-0.05, 0) is 38.7 Å². The van der Waals surface area contributed by atoms with Crippen molar-refractivity contribution in [2.75, 3.05) is 31.7 Å². The average molecular weight is 465 g/mol. The predicted molar refractivity (Wildman–Crippen MR) is 115 cm³/mol. The Hall–Kier alpha value is -1.03. The fourth-order valence-corrected chi connectivity index (χ4v) is 1.85. The first-order valence-corrected chi connectivity index (χ1v) is 8.81. The molecule has 24 heavy (non-hydrogen) atoms.